The Morgan fingerprint density at radius 2 is 1.94 bits per heavy atom. The van der Waals surface area contributed by atoms with Crippen molar-refractivity contribution in [2.24, 2.45) is 0 Å². The first kappa shape index (κ1) is 20.4. The lowest BCUT2D eigenvalue weighted by Gasteiger charge is -2.19. The van der Waals surface area contributed by atoms with Crippen LogP contribution in [-0.2, 0) is 12.1 Å². The number of nitrogens with one attached hydrogen (secondary N) is 2. The van der Waals surface area contributed by atoms with Crippen molar-refractivity contribution in [1.82, 2.24) is 24.7 Å². The van der Waals surface area contributed by atoms with Crippen molar-refractivity contribution in [2.45, 2.75) is 32.9 Å². The van der Waals surface area contributed by atoms with Gasteiger partial charge in [-0.1, -0.05) is 12.1 Å². The van der Waals surface area contributed by atoms with Crippen LogP contribution in [0.3, 0.4) is 0 Å². The Balaban J connectivity index is 1.47. The van der Waals surface area contributed by atoms with Gasteiger partial charge in [0.25, 0.3) is 5.56 Å². The van der Waals surface area contributed by atoms with Gasteiger partial charge in [-0.25, -0.2) is 9.67 Å². The van der Waals surface area contributed by atoms with Gasteiger partial charge in [-0.15, -0.1) is 0 Å². The third-order valence-electron chi connectivity index (χ3n) is 4.59. The SMILES string of the molecule is COc1cccc(Oc2ccc(CNc3nc4c(cnn4C(C)(C)C)c(=O)[nH]3)cn2)c1. The number of anilines is 1. The van der Waals surface area contributed by atoms with Gasteiger partial charge in [-0.05, 0) is 38.5 Å². The molecule has 2 N–H and O–H groups in total. The number of ether oxygens (including phenoxy) is 2. The standard InChI is InChI=1S/C22H24N6O3/c1-22(2,3)28-19-17(13-25-28)20(29)27-21(26-19)24-12-14-8-9-18(23-11-14)31-16-7-5-6-15(10-16)30-4/h5-11,13H,12H2,1-4H3,(H2,24,26,27,29). The Hall–Kier alpha value is -3.88. The second-order valence-electron chi connectivity index (χ2n) is 8.02. The maximum absolute atomic E-state index is 12.4. The summed E-state index contributed by atoms with van der Waals surface area (Å²) < 4.78 is 12.7. The third-order valence-corrected chi connectivity index (χ3v) is 4.59. The normalized spacial score (nSPS) is 11.5. The molecule has 3 aromatic heterocycles. The highest BCUT2D eigenvalue weighted by Gasteiger charge is 2.19. The molecule has 9 nitrogen and oxygen atoms in total. The van der Waals surface area contributed by atoms with Crippen LogP contribution in [0.5, 0.6) is 17.4 Å². The monoisotopic (exact) mass is 420 g/mol. The van der Waals surface area contributed by atoms with E-state index in [1.807, 2.05) is 45.0 Å². The van der Waals surface area contributed by atoms with Crippen molar-refractivity contribution in [3.05, 3.63) is 64.7 Å². The first-order valence-electron chi connectivity index (χ1n) is 9.83. The molecule has 4 rings (SSSR count). The topological polar surface area (TPSA) is 107 Å². The molecule has 0 bridgehead atoms. The predicted molar refractivity (Wildman–Crippen MR) is 118 cm³/mol. The number of hydrogen-bond donors (Lipinski definition) is 2. The van der Waals surface area contributed by atoms with Gasteiger partial charge in [0.2, 0.25) is 11.8 Å². The summed E-state index contributed by atoms with van der Waals surface area (Å²) in [6.07, 6.45) is 3.25. The highest BCUT2D eigenvalue weighted by atomic mass is 16.5. The number of methoxy groups -OCH3 is 1. The molecule has 31 heavy (non-hydrogen) atoms. The molecule has 0 aliphatic rings. The van der Waals surface area contributed by atoms with E-state index in [1.54, 1.807) is 36.3 Å². The number of aromatic amines is 1. The van der Waals surface area contributed by atoms with Crippen LogP contribution in [-0.4, -0.2) is 31.8 Å². The van der Waals surface area contributed by atoms with E-state index >= 15 is 0 Å². The zero-order valence-corrected chi connectivity index (χ0v) is 17.8. The van der Waals surface area contributed by atoms with Gasteiger partial charge in [0.1, 0.15) is 16.9 Å². The highest BCUT2D eigenvalue weighted by Crippen LogP contribution is 2.24. The smallest absolute Gasteiger partial charge is 0.263 e. The fourth-order valence-electron chi connectivity index (χ4n) is 3.04. The lowest BCUT2D eigenvalue weighted by molar-refractivity contribution is 0.366. The minimum Gasteiger partial charge on any atom is -0.497 e. The van der Waals surface area contributed by atoms with Crippen LogP contribution in [0.2, 0.25) is 0 Å². The van der Waals surface area contributed by atoms with Crippen molar-refractivity contribution in [3.8, 4) is 17.4 Å². The second kappa shape index (κ2) is 8.10. The molecule has 0 radical (unpaired) electrons. The molecule has 0 saturated heterocycles. The van der Waals surface area contributed by atoms with E-state index in [1.165, 1.54) is 0 Å². The summed E-state index contributed by atoms with van der Waals surface area (Å²) in [7, 11) is 1.61. The maximum Gasteiger partial charge on any atom is 0.263 e. The largest absolute Gasteiger partial charge is 0.497 e. The quantitative estimate of drug-likeness (QED) is 0.490. The number of hydrogen-bond acceptors (Lipinski definition) is 7. The van der Waals surface area contributed by atoms with Gasteiger partial charge in [0, 0.05) is 24.9 Å². The van der Waals surface area contributed by atoms with Gasteiger partial charge in [-0.2, -0.15) is 10.1 Å². The molecular formula is C22H24N6O3. The third kappa shape index (κ3) is 4.50. The summed E-state index contributed by atoms with van der Waals surface area (Å²) in [6, 6.07) is 11.0. The summed E-state index contributed by atoms with van der Waals surface area (Å²) in [5.74, 6) is 2.20. The van der Waals surface area contributed by atoms with E-state index in [-0.39, 0.29) is 11.1 Å². The van der Waals surface area contributed by atoms with E-state index in [4.69, 9.17) is 9.47 Å². The van der Waals surface area contributed by atoms with Crippen molar-refractivity contribution in [2.75, 3.05) is 12.4 Å². The minimum absolute atomic E-state index is 0.233. The van der Waals surface area contributed by atoms with E-state index in [0.29, 0.717) is 40.9 Å². The fraction of sp³-hybridized carbons (Fsp3) is 0.273. The Labute approximate surface area is 179 Å². The number of benzene rings is 1. The van der Waals surface area contributed by atoms with Crippen molar-refractivity contribution < 1.29 is 9.47 Å². The summed E-state index contributed by atoms with van der Waals surface area (Å²) in [5.41, 5.74) is 0.926. The second-order valence-corrected chi connectivity index (χ2v) is 8.02. The molecule has 3 heterocycles. The van der Waals surface area contributed by atoms with E-state index < -0.39 is 0 Å². The molecule has 9 heteroatoms. The average Bonchev–Trinajstić information content (AvgIpc) is 3.19. The molecule has 0 aliphatic carbocycles. The van der Waals surface area contributed by atoms with Crippen LogP contribution in [0, 0.1) is 0 Å². The Morgan fingerprint density at radius 1 is 1.13 bits per heavy atom. The van der Waals surface area contributed by atoms with Crippen molar-refractivity contribution in [3.63, 3.8) is 0 Å². The zero-order valence-electron chi connectivity index (χ0n) is 17.8. The molecule has 0 unspecified atom stereocenters. The average molecular weight is 420 g/mol. The highest BCUT2D eigenvalue weighted by molar-refractivity contribution is 5.74. The van der Waals surface area contributed by atoms with Crippen LogP contribution in [0.1, 0.15) is 26.3 Å². The Morgan fingerprint density at radius 3 is 2.65 bits per heavy atom. The molecule has 0 fully saturated rings. The molecule has 0 amide bonds. The maximum atomic E-state index is 12.4. The number of rotatable bonds is 6. The van der Waals surface area contributed by atoms with Crippen LogP contribution in [0.15, 0.2) is 53.6 Å². The fourth-order valence-corrected chi connectivity index (χ4v) is 3.04. The van der Waals surface area contributed by atoms with Crippen LogP contribution >= 0.6 is 0 Å². The Kier molecular flexibility index (Phi) is 5.33. The van der Waals surface area contributed by atoms with E-state index in [2.05, 4.69) is 25.4 Å². The summed E-state index contributed by atoms with van der Waals surface area (Å²) >= 11 is 0. The molecule has 0 atom stereocenters. The molecular weight excluding hydrogens is 396 g/mol. The predicted octanol–water partition coefficient (Wildman–Crippen LogP) is 3.68. The van der Waals surface area contributed by atoms with Gasteiger partial charge < -0.3 is 14.8 Å². The van der Waals surface area contributed by atoms with Gasteiger partial charge in [-0.3, -0.25) is 9.78 Å². The van der Waals surface area contributed by atoms with E-state index in [9.17, 15) is 4.79 Å². The number of H-pyrrole nitrogens is 1. The first-order chi connectivity index (χ1) is 14.8. The molecule has 0 saturated carbocycles. The minimum atomic E-state index is -0.289. The first-order valence-corrected chi connectivity index (χ1v) is 9.83. The lowest BCUT2D eigenvalue weighted by Crippen LogP contribution is -2.24. The van der Waals surface area contributed by atoms with E-state index in [0.717, 1.165) is 5.56 Å². The summed E-state index contributed by atoms with van der Waals surface area (Å²) in [4.78, 5) is 24.0. The molecule has 0 spiro atoms. The Bertz CT molecular complexity index is 1250. The molecule has 1 aromatic carbocycles. The van der Waals surface area contributed by atoms with Crippen LogP contribution in [0.4, 0.5) is 5.95 Å². The summed E-state index contributed by atoms with van der Waals surface area (Å²) in [5, 5.41) is 7.92. The number of nitrogens with zero attached hydrogens (tertiary/aromatic N) is 4. The number of pyridine rings is 1. The number of fused-ring (bicyclic) bond motifs is 1. The summed E-state index contributed by atoms with van der Waals surface area (Å²) in [6.45, 7) is 6.47. The van der Waals surface area contributed by atoms with Gasteiger partial charge in [0.15, 0.2) is 5.65 Å². The molecule has 0 aliphatic heterocycles. The van der Waals surface area contributed by atoms with Crippen LogP contribution < -0.4 is 20.3 Å². The van der Waals surface area contributed by atoms with Crippen LogP contribution in [0.25, 0.3) is 11.0 Å². The van der Waals surface area contributed by atoms with Gasteiger partial charge >= 0.3 is 0 Å². The number of aromatic nitrogens is 5. The molecule has 4 aromatic rings. The van der Waals surface area contributed by atoms with Crippen molar-refractivity contribution >= 4 is 17.0 Å². The molecule has 160 valence electrons. The lowest BCUT2D eigenvalue weighted by atomic mass is 10.1. The zero-order chi connectivity index (χ0) is 22.0. The van der Waals surface area contributed by atoms with Crippen molar-refractivity contribution in [1.29, 1.82) is 0 Å². The van der Waals surface area contributed by atoms with Gasteiger partial charge in [0.05, 0.1) is 18.8 Å².